The van der Waals surface area contributed by atoms with Crippen LogP contribution < -0.4 is 0 Å². The van der Waals surface area contributed by atoms with Gasteiger partial charge in [0, 0.05) is 12.8 Å². The van der Waals surface area contributed by atoms with Gasteiger partial charge >= 0.3 is 11.9 Å². The number of aliphatic hydroxyl groups excluding tert-OH is 1. The van der Waals surface area contributed by atoms with Crippen LogP contribution in [-0.2, 0) is 19.1 Å². The lowest BCUT2D eigenvalue weighted by Crippen LogP contribution is -2.28. The molecule has 0 aliphatic rings. The monoisotopic (exact) mass is 1040 g/mol. The van der Waals surface area contributed by atoms with Crippen molar-refractivity contribution in [3.8, 4) is 0 Å². The second-order valence-corrected chi connectivity index (χ2v) is 21.8. The number of unbranched alkanes of at least 4 members (excludes halogenated alkanes) is 38. The van der Waals surface area contributed by atoms with Gasteiger partial charge in [0.15, 0.2) is 6.10 Å². The van der Waals surface area contributed by atoms with Crippen LogP contribution in [0.25, 0.3) is 0 Å². The van der Waals surface area contributed by atoms with E-state index < -0.39 is 6.10 Å². The molecule has 0 amide bonds. The average molecular weight is 1050 g/mol. The Hall–Kier alpha value is -2.92. The molecule has 1 atom stereocenters. The summed E-state index contributed by atoms with van der Waals surface area (Å²) in [6.45, 7) is 4.06. The fraction of sp³-hybridized carbons (Fsp3) is 0.771. The minimum Gasteiger partial charge on any atom is -0.462 e. The van der Waals surface area contributed by atoms with Crippen LogP contribution in [0.3, 0.4) is 0 Å². The largest absolute Gasteiger partial charge is 0.462 e. The second-order valence-electron chi connectivity index (χ2n) is 21.8. The zero-order chi connectivity index (χ0) is 54.1. The Kier molecular flexibility index (Phi) is 62.8. The van der Waals surface area contributed by atoms with Crippen LogP contribution in [0.1, 0.15) is 328 Å². The van der Waals surface area contributed by atoms with Crippen molar-refractivity contribution in [3.05, 3.63) is 85.1 Å². The summed E-state index contributed by atoms with van der Waals surface area (Å²) in [5.74, 6) is -0.593. The van der Waals surface area contributed by atoms with Gasteiger partial charge in [-0.25, -0.2) is 0 Å². The van der Waals surface area contributed by atoms with Crippen molar-refractivity contribution in [1.82, 2.24) is 0 Å². The van der Waals surface area contributed by atoms with Gasteiger partial charge in [-0.1, -0.05) is 330 Å². The predicted molar refractivity (Wildman–Crippen MR) is 329 cm³/mol. The zero-order valence-electron chi connectivity index (χ0n) is 49.8. The first-order chi connectivity index (χ1) is 37.1. The van der Waals surface area contributed by atoms with Gasteiger partial charge in [-0.15, -0.1) is 0 Å². The lowest BCUT2D eigenvalue weighted by Gasteiger charge is -2.15. The molecule has 1 unspecified atom stereocenters. The lowest BCUT2D eigenvalue weighted by atomic mass is 10.0. The van der Waals surface area contributed by atoms with Gasteiger partial charge in [-0.2, -0.15) is 0 Å². The first-order valence-corrected chi connectivity index (χ1v) is 32.6. The zero-order valence-corrected chi connectivity index (χ0v) is 49.8. The van der Waals surface area contributed by atoms with E-state index in [1.807, 2.05) is 0 Å². The first-order valence-electron chi connectivity index (χ1n) is 32.6. The normalized spacial score (nSPS) is 12.7. The Morgan fingerprint density at radius 3 is 0.867 bits per heavy atom. The number of esters is 2. The van der Waals surface area contributed by atoms with Crippen molar-refractivity contribution in [2.24, 2.45) is 0 Å². The third-order valence-corrected chi connectivity index (χ3v) is 14.5. The molecule has 0 aromatic heterocycles. The Morgan fingerprint density at radius 1 is 0.320 bits per heavy atom. The second kappa shape index (κ2) is 65.4. The van der Waals surface area contributed by atoms with Gasteiger partial charge in [0.05, 0.1) is 6.61 Å². The highest BCUT2D eigenvalue weighted by atomic mass is 16.6. The highest BCUT2D eigenvalue weighted by Gasteiger charge is 2.16. The molecule has 0 aromatic rings. The minimum atomic E-state index is -0.783. The quantitative estimate of drug-likeness (QED) is 0.0373. The Bertz CT molecular complexity index is 1370. The molecule has 0 spiro atoms. The van der Waals surface area contributed by atoms with Crippen LogP contribution in [-0.4, -0.2) is 36.4 Å². The maximum absolute atomic E-state index is 12.3. The van der Waals surface area contributed by atoms with Crippen molar-refractivity contribution in [3.63, 3.8) is 0 Å². The molecule has 0 heterocycles. The number of hydrogen-bond donors (Lipinski definition) is 1. The number of allylic oxidation sites excluding steroid dienone is 14. The number of hydrogen-bond acceptors (Lipinski definition) is 5. The molecule has 0 rings (SSSR count). The van der Waals surface area contributed by atoms with E-state index in [0.717, 1.165) is 89.9 Å². The molecule has 0 aliphatic heterocycles. The lowest BCUT2D eigenvalue weighted by molar-refractivity contribution is -0.161. The van der Waals surface area contributed by atoms with Gasteiger partial charge in [0.1, 0.15) is 6.61 Å². The van der Waals surface area contributed by atoms with Crippen molar-refractivity contribution in [2.75, 3.05) is 13.2 Å². The molecule has 0 radical (unpaired) electrons. The molecular formula is C70H124O5. The van der Waals surface area contributed by atoms with E-state index >= 15 is 0 Å². The number of aliphatic hydroxyl groups is 1. The standard InChI is InChI=1S/C70H124O5/c1-3-5-7-9-11-13-15-17-19-21-23-25-27-29-31-33-34-35-37-38-40-42-44-46-48-50-52-54-56-58-60-62-64-69(72)74-67-68(66-71)75-70(73)65-63-61-59-57-55-53-51-49-47-45-43-41-39-36-32-30-28-26-24-22-20-18-16-14-12-10-8-6-4-2/h6,8,12,14,18,20,24,26,30,32,39,41,45,47,68,71H,3-5,7,9-11,13,15-17,19,21-23,25,27-29,31,33-38,40,42-44,46,48-67H2,1-2H3/b8-6-,14-12-,20-18-,26-24-,32-30-,41-39-,47-45-. The van der Waals surface area contributed by atoms with E-state index in [1.165, 1.54) is 212 Å². The molecule has 75 heavy (non-hydrogen) atoms. The van der Waals surface area contributed by atoms with Gasteiger partial charge in [-0.3, -0.25) is 9.59 Å². The highest BCUT2D eigenvalue weighted by Crippen LogP contribution is 2.18. The molecule has 0 saturated heterocycles. The maximum atomic E-state index is 12.3. The minimum absolute atomic E-state index is 0.0710. The first kappa shape index (κ1) is 72.1. The Labute approximate surface area is 466 Å². The SMILES string of the molecule is CC/C=C\C/C=C\C/C=C\C/C=C\C/C=C\C/C=C\C/C=C\CCCCCCCCCC(=O)OC(CO)COC(=O)CCCCCCCCCCCCCCCCCCCCCCCCCCCCCCCCCC. The van der Waals surface area contributed by atoms with Crippen LogP contribution >= 0.6 is 0 Å². The van der Waals surface area contributed by atoms with Gasteiger partial charge in [-0.05, 0) is 70.6 Å². The summed E-state index contributed by atoms with van der Waals surface area (Å²) >= 11 is 0. The fourth-order valence-electron chi connectivity index (χ4n) is 9.60. The van der Waals surface area contributed by atoms with E-state index in [9.17, 15) is 14.7 Å². The summed E-state index contributed by atoms with van der Waals surface area (Å²) in [6, 6.07) is 0. The summed E-state index contributed by atoms with van der Waals surface area (Å²) < 4.78 is 10.7. The van der Waals surface area contributed by atoms with Crippen molar-refractivity contribution in [2.45, 2.75) is 335 Å². The molecule has 434 valence electrons. The summed E-state index contributed by atoms with van der Waals surface area (Å²) in [7, 11) is 0. The molecular weight excluding hydrogens is 921 g/mol. The summed E-state index contributed by atoms with van der Waals surface area (Å²) in [6.07, 6.45) is 91.7. The van der Waals surface area contributed by atoms with Crippen LogP contribution in [0.2, 0.25) is 0 Å². The summed E-state index contributed by atoms with van der Waals surface area (Å²) in [5, 5.41) is 9.68. The molecule has 5 heteroatoms. The molecule has 0 aliphatic carbocycles. The van der Waals surface area contributed by atoms with Crippen LogP contribution in [0, 0.1) is 0 Å². The van der Waals surface area contributed by atoms with Crippen molar-refractivity contribution < 1.29 is 24.2 Å². The molecule has 0 fully saturated rings. The maximum Gasteiger partial charge on any atom is 0.306 e. The molecule has 0 saturated carbocycles. The molecule has 0 bridgehead atoms. The van der Waals surface area contributed by atoms with Gasteiger partial charge in [0.2, 0.25) is 0 Å². The Morgan fingerprint density at radius 2 is 0.573 bits per heavy atom. The van der Waals surface area contributed by atoms with Crippen molar-refractivity contribution >= 4 is 11.9 Å². The summed E-state index contributed by atoms with van der Waals surface area (Å²) in [4.78, 5) is 24.6. The van der Waals surface area contributed by atoms with Gasteiger partial charge in [0.25, 0.3) is 0 Å². The number of carbonyl (C=O) groups excluding carboxylic acids is 2. The van der Waals surface area contributed by atoms with E-state index in [0.29, 0.717) is 12.8 Å². The Balaban J connectivity index is 3.47. The number of rotatable bonds is 60. The molecule has 0 aromatic carbocycles. The van der Waals surface area contributed by atoms with E-state index in [2.05, 4.69) is 98.9 Å². The predicted octanol–water partition coefficient (Wildman–Crippen LogP) is 22.5. The van der Waals surface area contributed by atoms with E-state index in [4.69, 9.17) is 9.47 Å². The van der Waals surface area contributed by atoms with Gasteiger partial charge < -0.3 is 14.6 Å². The highest BCUT2D eigenvalue weighted by molar-refractivity contribution is 5.70. The molecule has 5 nitrogen and oxygen atoms in total. The smallest absolute Gasteiger partial charge is 0.306 e. The topological polar surface area (TPSA) is 72.8 Å². The third kappa shape index (κ3) is 63.5. The van der Waals surface area contributed by atoms with Crippen LogP contribution in [0.5, 0.6) is 0 Å². The molecule has 1 N–H and O–H groups in total. The number of ether oxygens (including phenoxy) is 2. The fourth-order valence-corrected chi connectivity index (χ4v) is 9.60. The van der Waals surface area contributed by atoms with Crippen LogP contribution in [0.4, 0.5) is 0 Å². The van der Waals surface area contributed by atoms with Crippen LogP contribution in [0.15, 0.2) is 85.1 Å². The van der Waals surface area contributed by atoms with Crippen molar-refractivity contribution in [1.29, 1.82) is 0 Å². The number of carbonyl (C=O) groups is 2. The van der Waals surface area contributed by atoms with E-state index in [1.54, 1.807) is 0 Å². The van der Waals surface area contributed by atoms with E-state index in [-0.39, 0.29) is 25.2 Å². The average Bonchev–Trinajstić information content (AvgIpc) is 3.41. The summed E-state index contributed by atoms with van der Waals surface area (Å²) in [5.41, 5.74) is 0. The third-order valence-electron chi connectivity index (χ3n) is 14.5.